The summed E-state index contributed by atoms with van der Waals surface area (Å²) in [5, 5.41) is 6.34. The predicted octanol–water partition coefficient (Wildman–Crippen LogP) is 0.926. The molecule has 0 aliphatic carbocycles. The van der Waals surface area contributed by atoms with Gasteiger partial charge in [-0.1, -0.05) is 13.8 Å². The van der Waals surface area contributed by atoms with Gasteiger partial charge in [0.15, 0.2) is 0 Å². The van der Waals surface area contributed by atoms with E-state index < -0.39 is 0 Å². The molecule has 8 heteroatoms. The number of carbonyl (C=O) groups is 1. The van der Waals surface area contributed by atoms with Gasteiger partial charge in [0.25, 0.3) is 0 Å². The fraction of sp³-hybridized carbons (Fsp3) is 0.929. The van der Waals surface area contributed by atoms with Gasteiger partial charge in [-0.2, -0.15) is 11.8 Å². The van der Waals surface area contributed by atoms with Gasteiger partial charge in [0.1, 0.15) is 0 Å². The standard InChI is InChI=1S/C14H30N4OS.2ClH/c1-3-17(4-2)11-12-20-13-14(19)16-7-10-18-8-5-15-6-9-18;;/h15H,3-13H2,1-2H3,(H,16,19);2*1H. The monoisotopic (exact) mass is 374 g/mol. The SMILES string of the molecule is CCN(CC)CCSCC(=O)NCCN1CCNCC1.Cl.Cl. The lowest BCUT2D eigenvalue weighted by Gasteiger charge is -2.27. The first-order valence-corrected chi connectivity index (χ1v) is 8.91. The van der Waals surface area contributed by atoms with Gasteiger partial charge in [0, 0.05) is 51.6 Å². The van der Waals surface area contributed by atoms with E-state index in [9.17, 15) is 4.79 Å². The number of amides is 1. The maximum atomic E-state index is 11.7. The van der Waals surface area contributed by atoms with Crippen molar-refractivity contribution in [1.29, 1.82) is 0 Å². The Kier molecular flexibility index (Phi) is 18.0. The Labute approximate surface area is 152 Å². The molecule has 1 fully saturated rings. The molecule has 1 saturated heterocycles. The summed E-state index contributed by atoms with van der Waals surface area (Å²) in [5.74, 6) is 1.79. The first kappa shape index (κ1) is 24.5. The summed E-state index contributed by atoms with van der Waals surface area (Å²) in [5.41, 5.74) is 0. The van der Waals surface area contributed by atoms with Crippen LogP contribution in [0.5, 0.6) is 0 Å². The van der Waals surface area contributed by atoms with Gasteiger partial charge in [-0.25, -0.2) is 0 Å². The minimum Gasteiger partial charge on any atom is -0.354 e. The van der Waals surface area contributed by atoms with Gasteiger partial charge in [-0.05, 0) is 13.1 Å². The molecule has 0 radical (unpaired) electrons. The molecule has 134 valence electrons. The topological polar surface area (TPSA) is 47.6 Å². The number of hydrogen-bond donors (Lipinski definition) is 2. The van der Waals surface area contributed by atoms with Crippen molar-refractivity contribution in [3.63, 3.8) is 0 Å². The highest BCUT2D eigenvalue weighted by atomic mass is 35.5. The highest BCUT2D eigenvalue weighted by Gasteiger charge is 2.09. The summed E-state index contributed by atoms with van der Waals surface area (Å²) in [6.07, 6.45) is 0. The third-order valence-electron chi connectivity index (χ3n) is 3.64. The second-order valence-electron chi connectivity index (χ2n) is 5.02. The smallest absolute Gasteiger partial charge is 0.230 e. The number of piperazine rings is 1. The number of rotatable bonds is 10. The second kappa shape index (κ2) is 16.1. The van der Waals surface area contributed by atoms with E-state index in [0.29, 0.717) is 5.75 Å². The van der Waals surface area contributed by atoms with Crippen molar-refractivity contribution < 1.29 is 4.79 Å². The first-order valence-electron chi connectivity index (χ1n) is 7.76. The molecule has 0 bridgehead atoms. The van der Waals surface area contributed by atoms with E-state index in [4.69, 9.17) is 0 Å². The molecular formula is C14H32Cl2N4OS. The maximum Gasteiger partial charge on any atom is 0.230 e. The number of hydrogen-bond acceptors (Lipinski definition) is 5. The molecule has 1 heterocycles. The Bertz CT molecular complexity index is 265. The van der Waals surface area contributed by atoms with Crippen LogP contribution in [0.15, 0.2) is 0 Å². The third kappa shape index (κ3) is 11.8. The summed E-state index contributed by atoms with van der Waals surface area (Å²) in [4.78, 5) is 16.5. The van der Waals surface area contributed by atoms with Crippen LogP contribution in [0.25, 0.3) is 0 Å². The van der Waals surface area contributed by atoms with E-state index in [0.717, 1.165) is 64.7 Å². The maximum absolute atomic E-state index is 11.7. The molecule has 0 aromatic heterocycles. The Morgan fingerprint density at radius 2 is 1.86 bits per heavy atom. The fourth-order valence-corrected chi connectivity index (χ4v) is 3.06. The molecule has 2 N–H and O–H groups in total. The van der Waals surface area contributed by atoms with Crippen LogP contribution in [0.2, 0.25) is 0 Å². The summed E-state index contributed by atoms with van der Waals surface area (Å²) in [6, 6.07) is 0. The van der Waals surface area contributed by atoms with E-state index in [1.165, 1.54) is 0 Å². The molecule has 0 aromatic rings. The molecule has 0 spiro atoms. The summed E-state index contributed by atoms with van der Waals surface area (Å²) in [7, 11) is 0. The van der Waals surface area contributed by atoms with Crippen LogP contribution in [0.1, 0.15) is 13.8 Å². The van der Waals surface area contributed by atoms with E-state index >= 15 is 0 Å². The van der Waals surface area contributed by atoms with Gasteiger partial charge >= 0.3 is 0 Å². The molecule has 22 heavy (non-hydrogen) atoms. The molecule has 0 saturated carbocycles. The number of nitrogens with zero attached hydrogens (tertiary/aromatic N) is 2. The summed E-state index contributed by atoms with van der Waals surface area (Å²) < 4.78 is 0. The van der Waals surface area contributed by atoms with Gasteiger partial charge in [-0.3, -0.25) is 9.69 Å². The zero-order valence-electron chi connectivity index (χ0n) is 13.8. The fourth-order valence-electron chi connectivity index (χ4n) is 2.24. The van der Waals surface area contributed by atoms with Crippen molar-refractivity contribution in [2.75, 3.05) is 70.4 Å². The van der Waals surface area contributed by atoms with Crippen molar-refractivity contribution in [3.05, 3.63) is 0 Å². The van der Waals surface area contributed by atoms with Crippen LogP contribution < -0.4 is 10.6 Å². The van der Waals surface area contributed by atoms with Crippen LogP contribution in [-0.2, 0) is 4.79 Å². The predicted molar refractivity (Wildman–Crippen MR) is 102 cm³/mol. The minimum atomic E-state index is 0. The van der Waals surface area contributed by atoms with Crippen molar-refractivity contribution in [2.45, 2.75) is 13.8 Å². The lowest BCUT2D eigenvalue weighted by Crippen LogP contribution is -2.46. The quantitative estimate of drug-likeness (QED) is 0.557. The van der Waals surface area contributed by atoms with E-state index in [1.807, 2.05) is 0 Å². The molecule has 1 amide bonds. The third-order valence-corrected chi connectivity index (χ3v) is 4.58. The van der Waals surface area contributed by atoms with Crippen LogP contribution in [-0.4, -0.2) is 86.1 Å². The summed E-state index contributed by atoms with van der Waals surface area (Å²) >= 11 is 1.73. The van der Waals surface area contributed by atoms with Crippen LogP contribution in [0.3, 0.4) is 0 Å². The van der Waals surface area contributed by atoms with Crippen molar-refractivity contribution in [1.82, 2.24) is 20.4 Å². The largest absolute Gasteiger partial charge is 0.354 e. The lowest BCUT2D eigenvalue weighted by atomic mass is 10.3. The van der Waals surface area contributed by atoms with Gasteiger partial charge in [0.2, 0.25) is 5.91 Å². The minimum absolute atomic E-state index is 0. The molecule has 0 atom stereocenters. The van der Waals surface area contributed by atoms with Crippen molar-refractivity contribution in [3.8, 4) is 0 Å². The average molecular weight is 375 g/mol. The zero-order chi connectivity index (χ0) is 14.6. The molecule has 1 aliphatic heterocycles. The van der Waals surface area contributed by atoms with Crippen molar-refractivity contribution in [2.24, 2.45) is 0 Å². The van der Waals surface area contributed by atoms with E-state index in [2.05, 4.69) is 34.3 Å². The lowest BCUT2D eigenvalue weighted by molar-refractivity contribution is -0.118. The normalized spacial score (nSPS) is 15.0. The Hall–Kier alpha value is 0.280. The van der Waals surface area contributed by atoms with Gasteiger partial charge < -0.3 is 15.5 Å². The first-order chi connectivity index (χ1) is 9.76. The second-order valence-corrected chi connectivity index (χ2v) is 6.13. The van der Waals surface area contributed by atoms with Gasteiger partial charge in [-0.15, -0.1) is 24.8 Å². The molecule has 1 aliphatic rings. The van der Waals surface area contributed by atoms with E-state index in [1.54, 1.807) is 11.8 Å². The zero-order valence-corrected chi connectivity index (χ0v) is 16.3. The molecule has 0 unspecified atom stereocenters. The molecule has 1 rings (SSSR count). The molecular weight excluding hydrogens is 343 g/mol. The molecule has 0 aromatic carbocycles. The van der Waals surface area contributed by atoms with Crippen LogP contribution >= 0.6 is 36.6 Å². The number of thioether (sulfide) groups is 1. The van der Waals surface area contributed by atoms with Gasteiger partial charge in [0.05, 0.1) is 5.75 Å². The van der Waals surface area contributed by atoms with Crippen LogP contribution in [0, 0.1) is 0 Å². The Morgan fingerprint density at radius 3 is 2.45 bits per heavy atom. The number of halogens is 2. The van der Waals surface area contributed by atoms with Crippen molar-refractivity contribution >= 4 is 42.5 Å². The van der Waals surface area contributed by atoms with Crippen LogP contribution in [0.4, 0.5) is 0 Å². The highest BCUT2D eigenvalue weighted by molar-refractivity contribution is 7.99. The Morgan fingerprint density at radius 1 is 1.23 bits per heavy atom. The average Bonchev–Trinajstić information content (AvgIpc) is 2.48. The summed E-state index contributed by atoms with van der Waals surface area (Å²) in [6.45, 7) is 13.7. The number of nitrogens with one attached hydrogen (secondary N) is 2. The Balaban J connectivity index is 0. The highest BCUT2D eigenvalue weighted by Crippen LogP contribution is 2.00. The van der Waals surface area contributed by atoms with E-state index in [-0.39, 0.29) is 30.7 Å². The number of carbonyl (C=O) groups excluding carboxylic acids is 1. The molecule has 5 nitrogen and oxygen atoms in total.